The van der Waals surface area contributed by atoms with Crippen LogP contribution in [0.25, 0.3) is 0 Å². The van der Waals surface area contributed by atoms with Crippen molar-refractivity contribution in [1.29, 1.82) is 0 Å². The summed E-state index contributed by atoms with van der Waals surface area (Å²) in [4.78, 5) is 35.4. The molecule has 3 rings (SSSR count). The lowest BCUT2D eigenvalue weighted by Crippen LogP contribution is -2.31. The summed E-state index contributed by atoms with van der Waals surface area (Å²) >= 11 is 0. The van der Waals surface area contributed by atoms with Crippen molar-refractivity contribution in [3.63, 3.8) is 0 Å². The minimum absolute atomic E-state index is 0.0786. The van der Waals surface area contributed by atoms with Crippen LogP contribution in [0.5, 0.6) is 0 Å². The van der Waals surface area contributed by atoms with Gasteiger partial charge in [0.2, 0.25) is 0 Å². The van der Waals surface area contributed by atoms with Crippen LogP contribution in [-0.2, 0) is 11.8 Å². The fourth-order valence-electron chi connectivity index (χ4n) is 3.16. The predicted octanol–water partition coefficient (Wildman–Crippen LogP) is 2.21. The van der Waals surface area contributed by atoms with Crippen LogP contribution in [0.3, 0.4) is 0 Å². The maximum Gasteiger partial charge on any atom is 0.334 e. The molecule has 0 saturated carbocycles. The van der Waals surface area contributed by atoms with Crippen molar-refractivity contribution in [2.24, 2.45) is 7.05 Å². The highest BCUT2D eigenvalue weighted by Crippen LogP contribution is 2.42. The first-order valence-electron chi connectivity index (χ1n) is 7.47. The van der Waals surface area contributed by atoms with E-state index in [1.807, 2.05) is 0 Å². The van der Waals surface area contributed by atoms with Crippen LogP contribution >= 0.6 is 0 Å². The number of nitrogens with zero attached hydrogens (tertiary/aromatic N) is 2. The lowest BCUT2D eigenvalue weighted by atomic mass is 9.80. The minimum Gasteiger partial charge on any atom is -0.478 e. The maximum absolute atomic E-state index is 12.7. The first kappa shape index (κ1) is 16.4. The van der Waals surface area contributed by atoms with Gasteiger partial charge in [0.1, 0.15) is 0 Å². The third kappa shape index (κ3) is 2.57. The Labute approximate surface area is 142 Å². The molecular formula is C17H15N3O5. The SMILES string of the molecule is CC1=C(C(=O)O)C(c2ccccc2[N+](=O)[O-])c2c(ccn(C)c2=O)N1. The van der Waals surface area contributed by atoms with Gasteiger partial charge in [-0.25, -0.2) is 4.79 Å². The first-order valence-corrected chi connectivity index (χ1v) is 7.47. The van der Waals surface area contributed by atoms with E-state index in [-0.39, 0.29) is 22.4 Å². The second kappa shape index (κ2) is 5.90. The Morgan fingerprint density at radius 1 is 1.32 bits per heavy atom. The molecule has 1 unspecified atom stereocenters. The Morgan fingerprint density at radius 2 is 2.00 bits per heavy atom. The summed E-state index contributed by atoms with van der Waals surface area (Å²) in [7, 11) is 1.55. The van der Waals surface area contributed by atoms with Crippen molar-refractivity contribution < 1.29 is 14.8 Å². The van der Waals surface area contributed by atoms with Gasteiger partial charge < -0.3 is 15.0 Å². The third-order valence-corrected chi connectivity index (χ3v) is 4.28. The van der Waals surface area contributed by atoms with Crippen molar-refractivity contribution in [1.82, 2.24) is 4.57 Å². The Bertz CT molecular complexity index is 990. The van der Waals surface area contributed by atoms with E-state index in [2.05, 4.69) is 5.32 Å². The van der Waals surface area contributed by atoms with Crippen LogP contribution in [0, 0.1) is 10.1 Å². The zero-order valence-electron chi connectivity index (χ0n) is 13.5. The van der Waals surface area contributed by atoms with Crippen molar-refractivity contribution in [3.8, 4) is 0 Å². The molecule has 2 aromatic rings. The van der Waals surface area contributed by atoms with Crippen molar-refractivity contribution in [2.45, 2.75) is 12.8 Å². The van der Waals surface area contributed by atoms with Gasteiger partial charge in [-0.05, 0) is 13.0 Å². The molecule has 1 aliphatic heterocycles. The number of pyridine rings is 1. The molecule has 0 bridgehead atoms. The molecule has 1 aromatic carbocycles. The molecule has 0 fully saturated rings. The van der Waals surface area contributed by atoms with E-state index in [1.165, 1.54) is 22.8 Å². The van der Waals surface area contributed by atoms with Gasteiger partial charge in [0.25, 0.3) is 11.2 Å². The zero-order chi connectivity index (χ0) is 18.3. The average Bonchev–Trinajstić information content (AvgIpc) is 2.56. The van der Waals surface area contributed by atoms with E-state index in [4.69, 9.17) is 0 Å². The van der Waals surface area contributed by atoms with Crippen LogP contribution < -0.4 is 10.9 Å². The van der Waals surface area contributed by atoms with E-state index in [0.717, 1.165) is 0 Å². The monoisotopic (exact) mass is 341 g/mol. The van der Waals surface area contributed by atoms with Crippen molar-refractivity contribution in [2.75, 3.05) is 5.32 Å². The molecule has 0 spiro atoms. The molecule has 2 heterocycles. The smallest absolute Gasteiger partial charge is 0.334 e. The number of carboxylic acids is 1. The molecule has 25 heavy (non-hydrogen) atoms. The standard InChI is InChI=1S/C17H15N3O5/c1-9-13(17(22)23)14(10-5-3-4-6-12(10)20(24)25)15-11(18-9)7-8-19(2)16(15)21/h3-8,14,18H,1-2H3,(H,22,23). The van der Waals surface area contributed by atoms with Gasteiger partial charge in [-0.3, -0.25) is 14.9 Å². The van der Waals surface area contributed by atoms with Crippen molar-refractivity contribution in [3.05, 3.63) is 79.4 Å². The second-order valence-corrected chi connectivity index (χ2v) is 5.78. The molecule has 1 atom stereocenters. The quantitative estimate of drug-likeness (QED) is 0.653. The lowest BCUT2D eigenvalue weighted by Gasteiger charge is -2.28. The fraction of sp³-hybridized carbons (Fsp3) is 0.176. The highest BCUT2D eigenvalue weighted by molar-refractivity contribution is 5.93. The molecule has 1 aliphatic rings. The first-order chi connectivity index (χ1) is 11.8. The summed E-state index contributed by atoms with van der Waals surface area (Å²) in [5.74, 6) is -2.26. The number of anilines is 1. The summed E-state index contributed by atoms with van der Waals surface area (Å²) in [5, 5.41) is 24.0. The molecule has 8 heteroatoms. The molecule has 0 radical (unpaired) electrons. The number of carboxylic acid groups (broad SMARTS) is 1. The molecule has 2 N–H and O–H groups in total. The summed E-state index contributed by atoms with van der Waals surface area (Å²) in [6.07, 6.45) is 1.56. The lowest BCUT2D eigenvalue weighted by molar-refractivity contribution is -0.385. The molecule has 0 aliphatic carbocycles. The Balaban J connectivity index is 2.41. The number of hydrogen-bond donors (Lipinski definition) is 2. The Kier molecular flexibility index (Phi) is 3.88. The van der Waals surface area contributed by atoms with Gasteiger partial charge in [-0.1, -0.05) is 18.2 Å². The van der Waals surface area contributed by atoms with Gasteiger partial charge in [0, 0.05) is 36.3 Å². The van der Waals surface area contributed by atoms with E-state index < -0.39 is 22.4 Å². The zero-order valence-corrected chi connectivity index (χ0v) is 13.5. The van der Waals surface area contributed by atoms with Gasteiger partial charge in [-0.15, -0.1) is 0 Å². The van der Waals surface area contributed by atoms with Crippen LogP contribution in [0.1, 0.15) is 24.0 Å². The number of nitrogens with one attached hydrogen (secondary N) is 1. The minimum atomic E-state index is -1.23. The predicted molar refractivity (Wildman–Crippen MR) is 90.6 cm³/mol. The molecule has 0 saturated heterocycles. The van der Waals surface area contributed by atoms with E-state index in [1.54, 1.807) is 32.3 Å². The number of benzene rings is 1. The van der Waals surface area contributed by atoms with E-state index >= 15 is 0 Å². The van der Waals surface area contributed by atoms with E-state index in [9.17, 15) is 24.8 Å². The second-order valence-electron chi connectivity index (χ2n) is 5.78. The van der Waals surface area contributed by atoms with Gasteiger partial charge >= 0.3 is 5.97 Å². The number of aliphatic carboxylic acids is 1. The Hall–Kier alpha value is -3.42. The molecular weight excluding hydrogens is 326 g/mol. The van der Waals surface area contributed by atoms with Crippen LogP contribution in [-0.4, -0.2) is 20.6 Å². The topological polar surface area (TPSA) is 114 Å². The largest absolute Gasteiger partial charge is 0.478 e. The summed E-state index contributed by atoms with van der Waals surface area (Å²) in [5.41, 5.74) is 0.449. The number of nitro groups is 1. The summed E-state index contributed by atoms with van der Waals surface area (Å²) in [6.45, 7) is 1.58. The fourth-order valence-corrected chi connectivity index (χ4v) is 3.16. The number of aryl methyl sites for hydroxylation is 1. The maximum atomic E-state index is 12.7. The number of aromatic nitrogens is 1. The Morgan fingerprint density at radius 3 is 2.64 bits per heavy atom. The highest BCUT2D eigenvalue weighted by atomic mass is 16.6. The average molecular weight is 341 g/mol. The number of hydrogen-bond acceptors (Lipinski definition) is 5. The van der Waals surface area contributed by atoms with E-state index in [0.29, 0.717) is 11.4 Å². The van der Waals surface area contributed by atoms with Gasteiger partial charge in [-0.2, -0.15) is 0 Å². The summed E-state index contributed by atoms with van der Waals surface area (Å²) < 4.78 is 1.32. The number of allylic oxidation sites excluding steroid dienone is 1. The molecule has 128 valence electrons. The molecule has 8 nitrogen and oxygen atoms in total. The van der Waals surface area contributed by atoms with Gasteiger partial charge in [0.15, 0.2) is 0 Å². The summed E-state index contributed by atoms with van der Waals surface area (Å²) in [6, 6.07) is 7.54. The molecule has 0 amide bonds. The van der Waals surface area contributed by atoms with Crippen LogP contribution in [0.2, 0.25) is 0 Å². The normalized spacial score (nSPS) is 16.2. The number of carbonyl (C=O) groups is 1. The highest BCUT2D eigenvalue weighted by Gasteiger charge is 2.37. The van der Waals surface area contributed by atoms with Crippen LogP contribution in [0.4, 0.5) is 11.4 Å². The number of para-hydroxylation sites is 1. The third-order valence-electron chi connectivity index (χ3n) is 4.28. The number of fused-ring (bicyclic) bond motifs is 1. The number of rotatable bonds is 3. The number of nitro benzene ring substituents is 1. The van der Waals surface area contributed by atoms with Crippen LogP contribution in [0.15, 0.2) is 52.6 Å². The van der Waals surface area contributed by atoms with Crippen molar-refractivity contribution >= 4 is 17.3 Å². The van der Waals surface area contributed by atoms with Gasteiger partial charge in [0.05, 0.1) is 22.0 Å². The molecule has 1 aromatic heterocycles.